The van der Waals surface area contributed by atoms with Crippen LogP contribution in [0, 0.1) is 5.82 Å². The molecule has 2 aromatic rings. The zero-order chi connectivity index (χ0) is 14.0. The van der Waals surface area contributed by atoms with Crippen molar-refractivity contribution in [2.75, 3.05) is 11.1 Å². The molecule has 4 nitrogen and oxygen atoms in total. The van der Waals surface area contributed by atoms with Crippen molar-refractivity contribution in [1.82, 2.24) is 0 Å². The van der Waals surface area contributed by atoms with E-state index in [9.17, 15) is 9.18 Å². The smallest absolute Gasteiger partial charge is 0.337 e. The highest BCUT2D eigenvalue weighted by molar-refractivity contribution is 9.10. The average Bonchev–Trinajstić information content (AvgIpc) is 2.33. The van der Waals surface area contributed by atoms with E-state index in [1.54, 1.807) is 6.07 Å². The topological polar surface area (TPSA) is 75.4 Å². The van der Waals surface area contributed by atoms with Crippen molar-refractivity contribution in [2.24, 2.45) is 0 Å². The van der Waals surface area contributed by atoms with Crippen molar-refractivity contribution in [3.63, 3.8) is 0 Å². The number of anilines is 3. The molecule has 0 aliphatic rings. The molecule has 0 aliphatic heterocycles. The fourth-order valence-electron chi connectivity index (χ4n) is 1.58. The van der Waals surface area contributed by atoms with Crippen LogP contribution in [0.3, 0.4) is 0 Å². The molecule has 2 aromatic carbocycles. The number of carboxylic acids is 1. The van der Waals surface area contributed by atoms with E-state index in [1.165, 1.54) is 30.3 Å². The van der Waals surface area contributed by atoms with Gasteiger partial charge in [0.25, 0.3) is 0 Å². The van der Waals surface area contributed by atoms with Crippen molar-refractivity contribution in [2.45, 2.75) is 0 Å². The average molecular weight is 325 g/mol. The molecule has 19 heavy (non-hydrogen) atoms. The number of nitrogen functional groups attached to an aromatic ring is 1. The largest absolute Gasteiger partial charge is 0.478 e. The van der Waals surface area contributed by atoms with Crippen molar-refractivity contribution >= 4 is 39.0 Å². The third-order valence-electron chi connectivity index (χ3n) is 2.47. The van der Waals surface area contributed by atoms with Gasteiger partial charge in [-0.15, -0.1) is 0 Å². The Morgan fingerprint density at radius 3 is 2.63 bits per heavy atom. The number of halogens is 2. The van der Waals surface area contributed by atoms with Crippen LogP contribution in [0.4, 0.5) is 21.5 Å². The summed E-state index contributed by atoms with van der Waals surface area (Å²) >= 11 is 3.05. The number of benzene rings is 2. The van der Waals surface area contributed by atoms with Crippen LogP contribution in [-0.4, -0.2) is 11.1 Å². The van der Waals surface area contributed by atoms with Gasteiger partial charge in [-0.05, 0) is 52.3 Å². The summed E-state index contributed by atoms with van der Waals surface area (Å²) in [6.45, 7) is 0. The normalized spacial score (nSPS) is 10.2. The molecule has 0 aromatic heterocycles. The van der Waals surface area contributed by atoms with Crippen molar-refractivity contribution in [3.8, 4) is 0 Å². The van der Waals surface area contributed by atoms with Gasteiger partial charge in [-0.3, -0.25) is 0 Å². The van der Waals surface area contributed by atoms with E-state index in [0.717, 1.165) is 0 Å². The Hall–Kier alpha value is -2.08. The molecule has 0 heterocycles. The van der Waals surface area contributed by atoms with Crippen LogP contribution >= 0.6 is 15.9 Å². The molecule has 0 aliphatic carbocycles. The Bertz CT molecular complexity index is 647. The van der Waals surface area contributed by atoms with E-state index < -0.39 is 11.8 Å². The summed E-state index contributed by atoms with van der Waals surface area (Å²) in [6.07, 6.45) is 0. The van der Waals surface area contributed by atoms with E-state index in [0.29, 0.717) is 21.5 Å². The molecule has 0 unspecified atom stereocenters. The monoisotopic (exact) mass is 324 g/mol. The Balaban J connectivity index is 2.39. The summed E-state index contributed by atoms with van der Waals surface area (Å²) in [5.41, 5.74) is 6.86. The highest BCUT2D eigenvalue weighted by atomic mass is 79.9. The minimum Gasteiger partial charge on any atom is -0.478 e. The first-order chi connectivity index (χ1) is 8.97. The number of hydrogen-bond donors (Lipinski definition) is 3. The van der Waals surface area contributed by atoms with Gasteiger partial charge in [-0.25, -0.2) is 9.18 Å². The first kappa shape index (κ1) is 13.4. The summed E-state index contributed by atoms with van der Waals surface area (Å²) in [6, 6.07) is 8.81. The zero-order valence-corrected chi connectivity index (χ0v) is 11.2. The van der Waals surface area contributed by atoms with Gasteiger partial charge >= 0.3 is 5.97 Å². The number of nitrogens with one attached hydrogen (secondary N) is 1. The SMILES string of the molecule is Nc1ccc(C(=O)O)c(Nc2ccc(Br)c(F)c2)c1. The lowest BCUT2D eigenvalue weighted by molar-refractivity contribution is 0.0698. The number of nitrogens with two attached hydrogens (primary N) is 1. The van der Waals surface area contributed by atoms with Gasteiger partial charge < -0.3 is 16.2 Å². The highest BCUT2D eigenvalue weighted by Crippen LogP contribution is 2.26. The summed E-state index contributed by atoms with van der Waals surface area (Å²) in [5, 5.41) is 11.9. The Morgan fingerprint density at radius 2 is 2.00 bits per heavy atom. The first-order valence-corrected chi connectivity index (χ1v) is 6.11. The minimum atomic E-state index is -1.08. The van der Waals surface area contributed by atoms with Crippen LogP contribution in [0.15, 0.2) is 40.9 Å². The predicted molar refractivity (Wildman–Crippen MR) is 75.2 cm³/mol. The lowest BCUT2D eigenvalue weighted by Crippen LogP contribution is -2.03. The van der Waals surface area contributed by atoms with Gasteiger partial charge in [0, 0.05) is 11.4 Å². The molecule has 4 N–H and O–H groups in total. The molecule has 0 radical (unpaired) electrons. The van der Waals surface area contributed by atoms with E-state index in [4.69, 9.17) is 10.8 Å². The standard InChI is InChI=1S/C13H10BrFN2O2/c14-10-4-2-8(6-11(10)15)17-12-5-7(16)1-3-9(12)13(18)19/h1-6,17H,16H2,(H,18,19). The molecule has 0 bridgehead atoms. The lowest BCUT2D eigenvalue weighted by atomic mass is 10.1. The Labute approximate surface area is 117 Å². The highest BCUT2D eigenvalue weighted by Gasteiger charge is 2.11. The number of carboxylic acid groups (broad SMARTS) is 1. The summed E-state index contributed by atoms with van der Waals surface area (Å²) in [5.74, 6) is -1.52. The fraction of sp³-hybridized carbons (Fsp3) is 0. The maximum Gasteiger partial charge on any atom is 0.337 e. The molecule has 98 valence electrons. The molecule has 0 atom stereocenters. The van der Waals surface area contributed by atoms with Gasteiger partial charge in [-0.1, -0.05) is 0 Å². The van der Waals surface area contributed by atoms with E-state index in [1.807, 2.05) is 0 Å². The Kier molecular flexibility index (Phi) is 3.71. The van der Waals surface area contributed by atoms with Crippen molar-refractivity contribution < 1.29 is 14.3 Å². The van der Waals surface area contributed by atoms with Crippen LogP contribution in [0.5, 0.6) is 0 Å². The maximum atomic E-state index is 13.4. The first-order valence-electron chi connectivity index (χ1n) is 5.32. The number of carbonyl (C=O) groups is 1. The molecule has 0 amide bonds. The third-order valence-corrected chi connectivity index (χ3v) is 3.12. The molecule has 0 fully saturated rings. The Morgan fingerprint density at radius 1 is 1.26 bits per heavy atom. The second kappa shape index (κ2) is 5.27. The van der Waals surface area contributed by atoms with Gasteiger partial charge in [0.15, 0.2) is 0 Å². The molecule has 6 heteroatoms. The van der Waals surface area contributed by atoms with Gasteiger partial charge in [-0.2, -0.15) is 0 Å². The number of hydrogen-bond acceptors (Lipinski definition) is 3. The summed E-state index contributed by atoms with van der Waals surface area (Å²) in [7, 11) is 0. The van der Waals surface area contributed by atoms with Crippen LogP contribution in [-0.2, 0) is 0 Å². The minimum absolute atomic E-state index is 0.0672. The van der Waals surface area contributed by atoms with Crippen LogP contribution < -0.4 is 11.1 Å². The predicted octanol–water partition coefficient (Wildman–Crippen LogP) is 3.61. The van der Waals surface area contributed by atoms with Crippen molar-refractivity contribution in [1.29, 1.82) is 0 Å². The zero-order valence-electron chi connectivity index (χ0n) is 9.65. The van der Waals surface area contributed by atoms with E-state index >= 15 is 0 Å². The van der Waals surface area contributed by atoms with Gasteiger partial charge in [0.1, 0.15) is 5.82 Å². The van der Waals surface area contributed by atoms with Gasteiger partial charge in [0.05, 0.1) is 15.7 Å². The maximum absolute atomic E-state index is 13.4. The summed E-state index contributed by atoms with van der Waals surface area (Å²) < 4.78 is 13.7. The molecular formula is C13H10BrFN2O2. The van der Waals surface area contributed by atoms with Gasteiger partial charge in [0.2, 0.25) is 0 Å². The molecule has 2 rings (SSSR count). The van der Waals surface area contributed by atoms with E-state index in [-0.39, 0.29) is 5.56 Å². The van der Waals surface area contributed by atoms with Crippen molar-refractivity contribution in [3.05, 3.63) is 52.3 Å². The fourth-order valence-corrected chi connectivity index (χ4v) is 1.83. The summed E-state index contributed by atoms with van der Waals surface area (Å²) in [4.78, 5) is 11.1. The van der Waals surface area contributed by atoms with E-state index in [2.05, 4.69) is 21.2 Å². The lowest BCUT2D eigenvalue weighted by Gasteiger charge is -2.11. The van der Waals surface area contributed by atoms with Crippen LogP contribution in [0.25, 0.3) is 0 Å². The quantitative estimate of drug-likeness (QED) is 0.754. The van der Waals surface area contributed by atoms with Crippen LogP contribution in [0.2, 0.25) is 0 Å². The molecule has 0 saturated carbocycles. The molecule has 0 saturated heterocycles. The molecule has 0 spiro atoms. The third kappa shape index (κ3) is 3.03. The number of aromatic carboxylic acids is 1. The second-order valence-electron chi connectivity index (χ2n) is 3.86. The molecular weight excluding hydrogens is 315 g/mol. The van der Waals surface area contributed by atoms with Crippen LogP contribution in [0.1, 0.15) is 10.4 Å². The second-order valence-corrected chi connectivity index (χ2v) is 4.72. The number of rotatable bonds is 3.